The second-order valence-electron chi connectivity index (χ2n) is 8.50. The third kappa shape index (κ3) is 4.96. The molecule has 2 N–H and O–H groups in total. The summed E-state index contributed by atoms with van der Waals surface area (Å²) in [7, 11) is 0. The van der Waals surface area contributed by atoms with Crippen LogP contribution < -0.4 is 4.74 Å². The number of hydrogen-bond donors (Lipinski definition) is 2. The average Bonchev–Trinajstić information content (AvgIpc) is 2.77. The van der Waals surface area contributed by atoms with E-state index in [9.17, 15) is 14.6 Å². The molecule has 3 rings (SSSR count). The first-order chi connectivity index (χ1) is 15.3. The zero-order chi connectivity index (χ0) is 23.3. The number of benzene rings is 2. The van der Waals surface area contributed by atoms with Gasteiger partial charge in [0.2, 0.25) is 6.29 Å². The van der Waals surface area contributed by atoms with Gasteiger partial charge >= 0.3 is 0 Å². The fourth-order valence-electron chi connectivity index (χ4n) is 4.49. The van der Waals surface area contributed by atoms with Gasteiger partial charge in [-0.3, -0.25) is 0 Å². The van der Waals surface area contributed by atoms with Gasteiger partial charge in [0.25, 0.3) is 0 Å². The maximum absolute atomic E-state index is 13.9. The van der Waals surface area contributed by atoms with Gasteiger partial charge in [-0.15, -0.1) is 13.2 Å². The van der Waals surface area contributed by atoms with Crippen LogP contribution in [0.5, 0.6) is 5.75 Å². The van der Waals surface area contributed by atoms with Crippen LogP contribution in [0.1, 0.15) is 38.7 Å². The topological polar surface area (TPSA) is 58.9 Å². The molecule has 4 atom stereocenters. The normalized spacial score (nSPS) is 24.7. The van der Waals surface area contributed by atoms with E-state index >= 15 is 0 Å². The Hall–Kier alpha value is -2.47. The van der Waals surface area contributed by atoms with Gasteiger partial charge in [0.1, 0.15) is 17.7 Å². The van der Waals surface area contributed by atoms with Crippen molar-refractivity contribution < 1.29 is 24.1 Å². The van der Waals surface area contributed by atoms with E-state index in [4.69, 9.17) is 9.47 Å². The first kappa shape index (κ1) is 24.2. The smallest absolute Gasteiger partial charge is 0.229 e. The second kappa shape index (κ2) is 10.4. The molecule has 0 unspecified atom stereocenters. The second-order valence-corrected chi connectivity index (χ2v) is 8.50. The average molecular weight is 441 g/mol. The highest BCUT2D eigenvalue weighted by molar-refractivity contribution is 5.69. The molecule has 5 heteroatoms. The van der Waals surface area contributed by atoms with E-state index in [1.807, 2.05) is 31.2 Å². The Morgan fingerprint density at radius 2 is 1.81 bits per heavy atom. The molecule has 2 aromatic rings. The highest BCUT2D eigenvalue weighted by atomic mass is 19.1. The quantitative estimate of drug-likeness (QED) is 0.511. The molecule has 172 valence electrons. The van der Waals surface area contributed by atoms with Crippen LogP contribution in [0.15, 0.2) is 67.8 Å². The molecule has 4 nitrogen and oxygen atoms in total. The summed E-state index contributed by atoms with van der Waals surface area (Å²) < 4.78 is 26.2. The summed E-state index contributed by atoms with van der Waals surface area (Å²) in [6.07, 6.45) is 2.90. The van der Waals surface area contributed by atoms with Gasteiger partial charge in [0.15, 0.2) is 0 Å². The molecule has 0 bridgehead atoms. The van der Waals surface area contributed by atoms with Crippen molar-refractivity contribution in [1.82, 2.24) is 0 Å². The standard InChI is InChI=1S/C27H33FO4/c1-5-9-19-12-13-22(17-23(19)20-10-8-11-21(28)16-20)31-26-25(30)24(29)18(4)27(32-26,14-6-2)15-7-3/h6-8,10-13,16-18,24-26,29-30H,2-3,5,9,14-15H2,1,4H3/t18-,24-,25-,26+/m1/s1. The Balaban J connectivity index is 1.95. The van der Waals surface area contributed by atoms with Crippen molar-refractivity contribution >= 4 is 0 Å². The molecule has 1 heterocycles. The Morgan fingerprint density at radius 1 is 1.09 bits per heavy atom. The van der Waals surface area contributed by atoms with Gasteiger partial charge in [-0.05, 0) is 60.2 Å². The Kier molecular flexibility index (Phi) is 7.88. The maximum atomic E-state index is 13.9. The van der Waals surface area contributed by atoms with Crippen LogP contribution >= 0.6 is 0 Å². The van der Waals surface area contributed by atoms with Crippen molar-refractivity contribution in [2.24, 2.45) is 5.92 Å². The Labute approximate surface area is 190 Å². The van der Waals surface area contributed by atoms with E-state index in [1.165, 1.54) is 12.1 Å². The SMILES string of the molecule is C=CCC1(CC=C)O[C@H](Oc2ccc(CCC)c(-c3cccc(F)c3)c2)[C@H](O)[C@H](O)[C@H]1C. The molecule has 0 aliphatic carbocycles. The van der Waals surface area contributed by atoms with E-state index < -0.39 is 24.1 Å². The van der Waals surface area contributed by atoms with Crippen LogP contribution in [0, 0.1) is 11.7 Å². The summed E-state index contributed by atoms with van der Waals surface area (Å²) >= 11 is 0. The van der Waals surface area contributed by atoms with Gasteiger partial charge in [-0.1, -0.05) is 50.6 Å². The first-order valence-corrected chi connectivity index (χ1v) is 11.2. The van der Waals surface area contributed by atoms with E-state index in [1.54, 1.807) is 18.2 Å². The predicted octanol–water partition coefficient (Wildman–Crippen LogP) is 5.43. The van der Waals surface area contributed by atoms with Crippen LogP contribution in [-0.4, -0.2) is 34.3 Å². The monoisotopic (exact) mass is 440 g/mol. The predicted molar refractivity (Wildman–Crippen MR) is 125 cm³/mol. The molecule has 0 amide bonds. The van der Waals surface area contributed by atoms with E-state index in [0.717, 1.165) is 29.5 Å². The van der Waals surface area contributed by atoms with Crippen LogP contribution in [0.3, 0.4) is 0 Å². The third-order valence-corrected chi connectivity index (χ3v) is 6.29. The minimum atomic E-state index is -1.22. The van der Waals surface area contributed by atoms with Crippen LogP contribution in [0.4, 0.5) is 4.39 Å². The minimum absolute atomic E-state index is 0.307. The van der Waals surface area contributed by atoms with Crippen LogP contribution in [0.2, 0.25) is 0 Å². The summed E-state index contributed by atoms with van der Waals surface area (Å²) in [4.78, 5) is 0. The molecule has 32 heavy (non-hydrogen) atoms. The van der Waals surface area contributed by atoms with E-state index in [0.29, 0.717) is 18.6 Å². The van der Waals surface area contributed by atoms with Gasteiger partial charge in [-0.2, -0.15) is 0 Å². The van der Waals surface area contributed by atoms with Crippen molar-refractivity contribution in [3.8, 4) is 16.9 Å². The number of hydrogen-bond acceptors (Lipinski definition) is 4. The lowest BCUT2D eigenvalue weighted by atomic mass is 9.75. The number of rotatable bonds is 9. The summed E-state index contributed by atoms with van der Waals surface area (Å²) in [5.41, 5.74) is 1.93. The lowest BCUT2D eigenvalue weighted by Gasteiger charge is -2.49. The van der Waals surface area contributed by atoms with Crippen molar-refractivity contribution in [2.45, 2.75) is 63.6 Å². The lowest BCUT2D eigenvalue weighted by Crippen LogP contribution is -2.61. The number of ether oxygens (including phenoxy) is 2. The van der Waals surface area contributed by atoms with Crippen molar-refractivity contribution in [2.75, 3.05) is 0 Å². The van der Waals surface area contributed by atoms with Crippen molar-refractivity contribution in [1.29, 1.82) is 0 Å². The minimum Gasteiger partial charge on any atom is -0.462 e. The molecule has 0 radical (unpaired) electrons. The number of aliphatic hydroxyl groups excluding tert-OH is 2. The molecule has 1 fully saturated rings. The molecule has 0 aromatic heterocycles. The molecular formula is C27H33FO4. The number of aliphatic hydroxyl groups is 2. The first-order valence-electron chi connectivity index (χ1n) is 11.2. The fraction of sp³-hybridized carbons (Fsp3) is 0.407. The molecule has 0 spiro atoms. The third-order valence-electron chi connectivity index (χ3n) is 6.29. The number of aryl methyl sites for hydroxylation is 1. The molecule has 1 aliphatic heterocycles. The molecule has 1 saturated heterocycles. The zero-order valence-electron chi connectivity index (χ0n) is 18.8. The highest BCUT2D eigenvalue weighted by Crippen LogP contribution is 2.41. The Bertz CT molecular complexity index is 931. The Morgan fingerprint density at radius 3 is 2.44 bits per heavy atom. The fourth-order valence-corrected chi connectivity index (χ4v) is 4.49. The lowest BCUT2D eigenvalue weighted by molar-refractivity contribution is -0.293. The number of halogens is 1. The molecule has 1 aliphatic rings. The van der Waals surface area contributed by atoms with E-state index in [-0.39, 0.29) is 11.7 Å². The van der Waals surface area contributed by atoms with Crippen molar-refractivity contribution in [3.05, 3.63) is 79.2 Å². The zero-order valence-corrected chi connectivity index (χ0v) is 18.8. The largest absolute Gasteiger partial charge is 0.462 e. The summed E-state index contributed by atoms with van der Waals surface area (Å²) in [6, 6.07) is 12.1. The van der Waals surface area contributed by atoms with Gasteiger partial charge in [-0.25, -0.2) is 4.39 Å². The van der Waals surface area contributed by atoms with Gasteiger partial charge in [0, 0.05) is 5.92 Å². The van der Waals surface area contributed by atoms with Crippen LogP contribution in [-0.2, 0) is 11.2 Å². The molecule has 0 saturated carbocycles. The summed E-state index contributed by atoms with van der Waals surface area (Å²) in [5, 5.41) is 21.4. The maximum Gasteiger partial charge on any atom is 0.229 e. The highest BCUT2D eigenvalue weighted by Gasteiger charge is 2.51. The van der Waals surface area contributed by atoms with Gasteiger partial charge in [0.05, 0.1) is 11.7 Å². The van der Waals surface area contributed by atoms with Crippen molar-refractivity contribution in [3.63, 3.8) is 0 Å². The summed E-state index contributed by atoms with van der Waals surface area (Å²) in [6.45, 7) is 11.6. The molecule has 2 aromatic carbocycles. The van der Waals surface area contributed by atoms with Crippen LogP contribution in [0.25, 0.3) is 11.1 Å². The molecular weight excluding hydrogens is 407 g/mol. The summed E-state index contributed by atoms with van der Waals surface area (Å²) in [5.74, 6) is -0.179. The van der Waals surface area contributed by atoms with E-state index in [2.05, 4.69) is 20.1 Å². The van der Waals surface area contributed by atoms with Gasteiger partial charge < -0.3 is 19.7 Å².